The monoisotopic (exact) mass is 406 g/mol. The molecule has 1 aromatic carbocycles. The number of nitrogens with zero attached hydrogens (tertiary/aromatic N) is 3. The highest BCUT2D eigenvalue weighted by molar-refractivity contribution is 5.89. The van der Waals surface area contributed by atoms with Gasteiger partial charge in [0.1, 0.15) is 6.04 Å². The van der Waals surface area contributed by atoms with Crippen LogP contribution in [0.1, 0.15) is 24.4 Å². The summed E-state index contributed by atoms with van der Waals surface area (Å²) in [4.78, 5) is 26.7. The summed E-state index contributed by atoms with van der Waals surface area (Å²) >= 11 is 0. The number of piperidine rings is 1. The fourth-order valence-corrected chi connectivity index (χ4v) is 3.27. The van der Waals surface area contributed by atoms with Crippen molar-refractivity contribution in [1.82, 2.24) is 25.3 Å². The molecule has 2 heterocycles. The smallest absolute Gasteiger partial charge is 0.321 e. The zero-order chi connectivity index (χ0) is 19.2. The van der Waals surface area contributed by atoms with Gasteiger partial charge in [0.15, 0.2) is 0 Å². The number of rotatable bonds is 5. The summed E-state index contributed by atoms with van der Waals surface area (Å²) in [5, 5.41) is 13.1. The molecule has 0 saturated carbocycles. The Labute approximate surface area is 171 Å². The molecule has 1 fully saturated rings. The van der Waals surface area contributed by atoms with Crippen molar-refractivity contribution in [2.45, 2.75) is 24.9 Å². The van der Waals surface area contributed by atoms with Crippen LogP contribution >= 0.6 is 12.4 Å². The molecule has 152 valence electrons. The van der Waals surface area contributed by atoms with E-state index in [0.717, 1.165) is 24.1 Å². The second kappa shape index (κ2) is 10.1. The van der Waals surface area contributed by atoms with Crippen LogP contribution in [0.15, 0.2) is 42.7 Å². The number of nitrogens with one attached hydrogen (secondary N) is 3. The van der Waals surface area contributed by atoms with Crippen molar-refractivity contribution in [2.24, 2.45) is 7.05 Å². The molecule has 0 aliphatic carbocycles. The van der Waals surface area contributed by atoms with Crippen molar-refractivity contribution < 1.29 is 9.59 Å². The molecule has 0 spiro atoms. The number of likely N-dealkylation sites (tertiary alicyclic amines) is 1. The van der Waals surface area contributed by atoms with Crippen LogP contribution in [0.4, 0.5) is 10.5 Å². The lowest BCUT2D eigenvalue weighted by Crippen LogP contribution is -2.49. The third-order valence-electron chi connectivity index (χ3n) is 4.76. The van der Waals surface area contributed by atoms with Gasteiger partial charge in [-0.3, -0.25) is 9.48 Å². The van der Waals surface area contributed by atoms with E-state index in [1.807, 2.05) is 43.6 Å². The van der Waals surface area contributed by atoms with Crippen LogP contribution in [0.2, 0.25) is 0 Å². The van der Waals surface area contributed by atoms with Gasteiger partial charge < -0.3 is 20.9 Å². The number of carbonyl (C=O) groups excluding carboxylic acids is 2. The molecular weight excluding hydrogens is 380 g/mol. The molecule has 1 saturated heterocycles. The number of likely N-dealkylation sites (N-methyl/N-ethyl adjacent to an activating group) is 1. The van der Waals surface area contributed by atoms with E-state index >= 15 is 0 Å². The van der Waals surface area contributed by atoms with E-state index < -0.39 is 6.04 Å². The number of anilines is 1. The summed E-state index contributed by atoms with van der Waals surface area (Å²) in [6, 6.07) is 8.93. The van der Waals surface area contributed by atoms with E-state index in [0.29, 0.717) is 13.1 Å². The normalized spacial score (nSPS) is 15.4. The summed E-state index contributed by atoms with van der Waals surface area (Å²) in [7, 11) is 3.58. The number of amides is 3. The van der Waals surface area contributed by atoms with E-state index in [2.05, 4.69) is 21.0 Å². The number of hydrogen-bond donors (Lipinski definition) is 3. The molecule has 8 nitrogen and oxygen atoms in total. The van der Waals surface area contributed by atoms with Crippen LogP contribution in [0.5, 0.6) is 0 Å². The Morgan fingerprint density at radius 1 is 1.18 bits per heavy atom. The Morgan fingerprint density at radius 2 is 1.86 bits per heavy atom. The van der Waals surface area contributed by atoms with E-state index in [1.54, 1.807) is 22.8 Å². The molecule has 1 aliphatic heterocycles. The fourth-order valence-electron chi connectivity index (χ4n) is 3.27. The highest BCUT2D eigenvalue weighted by atomic mass is 35.5. The van der Waals surface area contributed by atoms with E-state index in [1.165, 1.54) is 0 Å². The van der Waals surface area contributed by atoms with Gasteiger partial charge in [-0.05, 0) is 32.0 Å². The van der Waals surface area contributed by atoms with Crippen molar-refractivity contribution in [3.05, 3.63) is 48.3 Å². The lowest BCUT2D eigenvalue weighted by atomic mass is 10.0. The minimum atomic E-state index is -0.432. The van der Waals surface area contributed by atoms with Gasteiger partial charge in [0.25, 0.3) is 0 Å². The molecule has 3 N–H and O–H groups in total. The second-order valence-corrected chi connectivity index (χ2v) is 6.74. The first-order valence-corrected chi connectivity index (χ1v) is 9.14. The summed E-state index contributed by atoms with van der Waals surface area (Å²) in [5.74, 6) is -0.0716. The van der Waals surface area contributed by atoms with Crippen molar-refractivity contribution in [3.8, 4) is 0 Å². The van der Waals surface area contributed by atoms with Crippen molar-refractivity contribution in [2.75, 3.05) is 25.5 Å². The number of halogens is 1. The van der Waals surface area contributed by atoms with Gasteiger partial charge in [-0.25, -0.2) is 4.79 Å². The number of urea groups is 1. The summed E-state index contributed by atoms with van der Waals surface area (Å²) in [6.45, 7) is 1.22. The van der Waals surface area contributed by atoms with Gasteiger partial charge in [0.2, 0.25) is 5.91 Å². The number of benzene rings is 1. The minimum Gasteiger partial charge on any atom is -0.352 e. The molecule has 2 aromatic rings. The van der Waals surface area contributed by atoms with Crippen LogP contribution < -0.4 is 16.0 Å². The SMILES string of the molecule is CNC(C(=O)NC1CCN(C(=O)Nc2ccccc2)CC1)c1cnn(C)c1.Cl. The summed E-state index contributed by atoms with van der Waals surface area (Å²) < 4.78 is 1.68. The molecule has 0 bridgehead atoms. The first-order valence-electron chi connectivity index (χ1n) is 9.14. The Morgan fingerprint density at radius 3 is 2.43 bits per heavy atom. The first kappa shape index (κ1) is 21.7. The summed E-state index contributed by atoms with van der Waals surface area (Å²) in [6.07, 6.45) is 4.99. The van der Waals surface area contributed by atoms with Gasteiger partial charge in [-0.2, -0.15) is 5.10 Å². The highest BCUT2D eigenvalue weighted by Crippen LogP contribution is 2.16. The van der Waals surface area contributed by atoms with Crippen LogP contribution in [0.3, 0.4) is 0 Å². The Kier molecular flexibility index (Phi) is 7.83. The quantitative estimate of drug-likeness (QED) is 0.707. The third kappa shape index (κ3) is 5.46. The Balaban J connectivity index is 0.00000280. The maximum Gasteiger partial charge on any atom is 0.321 e. The van der Waals surface area contributed by atoms with Crippen LogP contribution in [0.25, 0.3) is 0 Å². The average Bonchev–Trinajstić information content (AvgIpc) is 3.09. The second-order valence-electron chi connectivity index (χ2n) is 6.74. The zero-order valence-corrected chi connectivity index (χ0v) is 16.9. The van der Waals surface area contributed by atoms with Gasteiger partial charge in [0, 0.05) is 43.6 Å². The molecule has 28 heavy (non-hydrogen) atoms. The van der Waals surface area contributed by atoms with E-state index in [-0.39, 0.29) is 30.4 Å². The molecule has 1 aromatic heterocycles. The van der Waals surface area contributed by atoms with Gasteiger partial charge in [-0.1, -0.05) is 18.2 Å². The Bertz CT molecular complexity index is 774. The zero-order valence-electron chi connectivity index (χ0n) is 16.1. The lowest BCUT2D eigenvalue weighted by Gasteiger charge is -2.33. The van der Waals surface area contributed by atoms with Gasteiger partial charge >= 0.3 is 6.03 Å². The molecule has 3 amide bonds. The number of aromatic nitrogens is 2. The molecule has 1 atom stereocenters. The van der Waals surface area contributed by atoms with Crippen molar-refractivity contribution in [3.63, 3.8) is 0 Å². The highest BCUT2D eigenvalue weighted by Gasteiger charge is 2.27. The molecule has 9 heteroatoms. The minimum absolute atomic E-state index is 0. The van der Waals surface area contributed by atoms with Crippen molar-refractivity contribution >= 4 is 30.0 Å². The lowest BCUT2D eigenvalue weighted by molar-refractivity contribution is -0.124. The van der Waals surface area contributed by atoms with E-state index in [4.69, 9.17) is 0 Å². The third-order valence-corrected chi connectivity index (χ3v) is 4.76. The van der Waals surface area contributed by atoms with Crippen LogP contribution in [0, 0.1) is 0 Å². The predicted molar refractivity (Wildman–Crippen MR) is 110 cm³/mol. The average molecular weight is 407 g/mol. The van der Waals surface area contributed by atoms with Crippen molar-refractivity contribution in [1.29, 1.82) is 0 Å². The molecule has 1 aliphatic rings. The maximum atomic E-state index is 12.6. The predicted octanol–water partition coefficient (Wildman–Crippen LogP) is 1.92. The van der Waals surface area contributed by atoms with Crippen LogP contribution in [-0.4, -0.2) is 52.8 Å². The molecule has 3 rings (SSSR count). The standard InChI is InChI=1S/C19H26N6O2.ClH/c1-20-17(14-12-21-24(2)13-14)18(26)22-16-8-10-25(11-9-16)19(27)23-15-6-4-3-5-7-15;/h3-7,12-13,16-17,20H,8-11H2,1-2H3,(H,22,26)(H,23,27);1H. The largest absolute Gasteiger partial charge is 0.352 e. The summed E-state index contributed by atoms with van der Waals surface area (Å²) in [5.41, 5.74) is 1.61. The molecule has 0 radical (unpaired) electrons. The fraction of sp³-hybridized carbons (Fsp3) is 0.421. The van der Waals surface area contributed by atoms with Crippen LogP contribution in [-0.2, 0) is 11.8 Å². The number of carbonyl (C=O) groups is 2. The topological polar surface area (TPSA) is 91.3 Å². The Hall–Kier alpha value is -2.58. The van der Waals surface area contributed by atoms with Gasteiger partial charge in [0.05, 0.1) is 6.20 Å². The maximum absolute atomic E-state index is 12.6. The van der Waals surface area contributed by atoms with E-state index in [9.17, 15) is 9.59 Å². The number of hydrogen-bond acceptors (Lipinski definition) is 4. The first-order chi connectivity index (χ1) is 13.1. The number of aryl methyl sites for hydroxylation is 1. The van der Waals surface area contributed by atoms with Gasteiger partial charge in [-0.15, -0.1) is 12.4 Å². The molecular formula is C19H27ClN6O2. The molecule has 1 unspecified atom stereocenters. The number of para-hydroxylation sites is 1.